The van der Waals surface area contributed by atoms with Gasteiger partial charge in [-0.2, -0.15) is 0 Å². The summed E-state index contributed by atoms with van der Waals surface area (Å²) in [4.78, 5) is 35.9. The number of rotatable bonds is 2. The van der Waals surface area contributed by atoms with Crippen LogP contribution >= 0.6 is 46.4 Å². The molecule has 4 aromatic rings. The molecule has 0 radical (unpaired) electrons. The minimum Gasteiger partial charge on any atom is -0.344 e. The van der Waals surface area contributed by atoms with Crippen molar-refractivity contribution in [3.63, 3.8) is 0 Å². The monoisotopic (exact) mass is 622 g/mol. The van der Waals surface area contributed by atoms with Crippen molar-refractivity contribution >= 4 is 75.3 Å². The molecule has 1 heterocycles. The van der Waals surface area contributed by atoms with Crippen LogP contribution in [0.3, 0.4) is 0 Å². The van der Waals surface area contributed by atoms with Gasteiger partial charge in [0.2, 0.25) is 0 Å². The van der Waals surface area contributed by atoms with Gasteiger partial charge in [0.15, 0.2) is 0 Å². The molecule has 0 atom stereocenters. The summed E-state index contributed by atoms with van der Waals surface area (Å²) in [5.74, 6) is -1.74. The largest absolute Gasteiger partial charge is 0.344 e. The maximum atomic E-state index is 13.1. The third-order valence-electron chi connectivity index (χ3n) is 6.34. The number of nitrogens with zero attached hydrogens (tertiary/aromatic N) is 2. The summed E-state index contributed by atoms with van der Waals surface area (Å²) in [5.41, 5.74) is 4.96. The molecule has 0 bridgehead atoms. The van der Waals surface area contributed by atoms with Crippen LogP contribution in [0.2, 0.25) is 20.1 Å². The van der Waals surface area contributed by atoms with Crippen LogP contribution in [0.4, 0.5) is 5.69 Å². The first-order valence-corrected chi connectivity index (χ1v) is 14.1. The molecule has 2 N–H and O–H groups in total. The van der Waals surface area contributed by atoms with Gasteiger partial charge >= 0.3 is 11.8 Å². The molecule has 206 valence electrons. The zero-order valence-electron chi connectivity index (χ0n) is 21.4. The highest BCUT2D eigenvalue weighted by Crippen LogP contribution is 2.32. The van der Waals surface area contributed by atoms with Gasteiger partial charge in [-0.25, -0.2) is 0 Å². The molecule has 6 nitrogen and oxygen atoms in total. The number of fused-ring (bicyclic) bond motifs is 2. The van der Waals surface area contributed by atoms with Gasteiger partial charge < -0.3 is 10.6 Å². The number of carbonyl (C=O) groups is 2. The molecule has 0 aliphatic carbocycles. The molecule has 0 spiro atoms. The van der Waals surface area contributed by atoms with Crippen LogP contribution in [0.25, 0.3) is 0 Å². The minimum atomic E-state index is -0.884. The molecule has 0 saturated heterocycles. The van der Waals surface area contributed by atoms with Crippen LogP contribution < -0.4 is 10.6 Å². The van der Waals surface area contributed by atoms with E-state index >= 15 is 0 Å². The van der Waals surface area contributed by atoms with E-state index in [1.54, 1.807) is 18.2 Å². The van der Waals surface area contributed by atoms with Gasteiger partial charge in [0.25, 0.3) is 0 Å². The van der Waals surface area contributed by atoms with Gasteiger partial charge in [-0.15, -0.1) is 0 Å². The first-order chi connectivity index (χ1) is 19.8. The summed E-state index contributed by atoms with van der Waals surface area (Å²) in [5, 5.41) is 6.50. The number of hydrogen-bond donors (Lipinski definition) is 2. The van der Waals surface area contributed by atoms with Crippen molar-refractivity contribution < 1.29 is 9.59 Å². The van der Waals surface area contributed by atoms with Gasteiger partial charge in [-0.1, -0.05) is 107 Å². The number of anilines is 1. The summed E-state index contributed by atoms with van der Waals surface area (Å²) >= 11 is 25.5. The van der Waals surface area contributed by atoms with Crippen molar-refractivity contribution in [2.75, 3.05) is 18.4 Å². The molecule has 0 fully saturated rings. The van der Waals surface area contributed by atoms with Crippen LogP contribution in [-0.2, 0) is 16.1 Å². The molecule has 41 heavy (non-hydrogen) atoms. The highest BCUT2D eigenvalue weighted by molar-refractivity contribution is 6.44. The fourth-order valence-corrected chi connectivity index (χ4v) is 5.09. The van der Waals surface area contributed by atoms with E-state index in [4.69, 9.17) is 56.4 Å². The summed E-state index contributed by atoms with van der Waals surface area (Å²) in [6.07, 6.45) is 0. The van der Waals surface area contributed by atoms with Crippen molar-refractivity contribution in [1.29, 1.82) is 0 Å². The van der Waals surface area contributed by atoms with E-state index in [0.29, 0.717) is 56.9 Å². The normalized spacial score (nSPS) is 14.3. The fourth-order valence-electron chi connectivity index (χ4n) is 4.42. The van der Waals surface area contributed by atoms with E-state index in [1.807, 2.05) is 60.7 Å². The molecule has 2 amide bonds. The Labute approximate surface area is 257 Å². The van der Waals surface area contributed by atoms with E-state index in [-0.39, 0.29) is 16.6 Å². The Hall–Kier alpha value is -3.68. The highest BCUT2D eigenvalue weighted by atomic mass is 35.5. The number of amides is 2. The van der Waals surface area contributed by atoms with Gasteiger partial charge in [0.05, 0.1) is 50.3 Å². The lowest BCUT2D eigenvalue weighted by atomic mass is 9.97. The van der Waals surface area contributed by atoms with E-state index < -0.39 is 11.8 Å². The molecule has 1 aliphatic rings. The predicted molar refractivity (Wildman–Crippen MR) is 167 cm³/mol. The van der Waals surface area contributed by atoms with E-state index in [2.05, 4.69) is 10.6 Å². The topological polar surface area (TPSA) is 82.9 Å². The number of aliphatic imine (C=N–C) groups is 2. The average molecular weight is 624 g/mol. The third kappa shape index (κ3) is 6.63. The second-order valence-corrected chi connectivity index (χ2v) is 10.7. The van der Waals surface area contributed by atoms with Crippen LogP contribution in [0.15, 0.2) is 94.9 Å². The van der Waals surface area contributed by atoms with Crippen LogP contribution in [0, 0.1) is 0 Å². The Morgan fingerprint density at radius 3 is 1.66 bits per heavy atom. The number of halogens is 4. The van der Waals surface area contributed by atoms with Crippen molar-refractivity contribution in [3.05, 3.63) is 133 Å². The maximum Gasteiger partial charge on any atom is 0.313 e. The summed E-state index contributed by atoms with van der Waals surface area (Å²) in [7, 11) is 0. The molecule has 10 heteroatoms. The smallest absolute Gasteiger partial charge is 0.313 e. The Morgan fingerprint density at radius 1 is 0.585 bits per heavy atom. The van der Waals surface area contributed by atoms with Gasteiger partial charge in [-0.3, -0.25) is 19.6 Å². The van der Waals surface area contributed by atoms with E-state index in [1.165, 1.54) is 6.07 Å². The van der Waals surface area contributed by atoms with Crippen molar-refractivity contribution in [1.82, 2.24) is 5.32 Å². The third-order valence-corrected chi connectivity index (χ3v) is 7.79. The zero-order chi connectivity index (χ0) is 28.9. The molecular weight excluding hydrogens is 602 g/mol. The zero-order valence-corrected chi connectivity index (χ0v) is 24.5. The van der Waals surface area contributed by atoms with Gasteiger partial charge in [0.1, 0.15) is 0 Å². The second-order valence-electron chi connectivity index (χ2n) is 9.06. The van der Waals surface area contributed by atoms with Gasteiger partial charge in [0, 0.05) is 28.8 Å². The van der Waals surface area contributed by atoms with Crippen molar-refractivity contribution in [2.45, 2.75) is 6.54 Å². The van der Waals surface area contributed by atoms with Crippen LogP contribution in [-0.4, -0.2) is 36.3 Å². The Morgan fingerprint density at radius 2 is 1.07 bits per heavy atom. The number of benzene rings is 4. The van der Waals surface area contributed by atoms with E-state index in [0.717, 1.165) is 11.1 Å². The molecule has 0 unspecified atom stereocenters. The van der Waals surface area contributed by atoms with Crippen LogP contribution in [0.5, 0.6) is 0 Å². The minimum absolute atomic E-state index is 0.00429. The SMILES string of the molecule is O=C1NCc2cc(Cl)c(Cl)cc2C(c2ccccc2)=NCCN=C(c2ccccc2)c2cc(Cl)c(Cl)cc2NC1=O. The Balaban J connectivity index is 1.69. The lowest BCUT2D eigenvalue weighted by Crippen LogP contribution is -2.35. The summed E-state index contributed by atoms with van der Waals surface area (Å²) < 4.78 is 0. The second kappa shape index (κ2) is 12.9. The molecule has 4 aromatic carbocycles. The molecule has 5 rings (SSSR count). The molecular formula is C31H22Cl4N4O2. The number of hydrogen-bond acceptors (Lipinski definition) is 4. The predicted octanol–water partition coefficient (Wildman–Crippen LogP) is 7.24. The standard InChI is InChI=1S/C31H22Cl4N4O2/c32-23-13-20-17-38-30(40)31(41)39-27-16-26(35)25(34)15-22(27)29(19-9-5-2-6-10-19)37-12-11-36-28(21(20)14-24(23)33)18-7-3-1-4-8-18/h1-10,13-16H,11-12,17H2,(H,38,40)(H,39,41). The molecule has 0 saturated carbocycles. The first-order valence-electron chi connectivity index (χ1n) is 12.6. The Kier molecular flexibility index (Phi) is 9.06. The summed E-state index contributed by atoms with van der Waals surface area (Å²) in [6, 6.07) is 25.6. The van der Waals surface area contributed by atoms with Crippen LogP contribution in [0.1, 0.15) is 27.8 Å². The lowest BCUT2D eigenvalue weighted by molar-refractivity contribution is -0.136. The maximum absolute atomic E-state index is 13.1. The van der Waals surface area contributed by atoms with Crippen molar-refractivity contribution in [2.24, 2.45) is 9.98 Å². The van der Waals surface area contributed by atoms with Crippen molar-refractivity contribution in [3.8, 4) is 0 Å². The number of nitrogens with one attached hydrogen (secondary N) is 2. The summed E-state index contributed by atoms with van der Waals surface area (Å²) in [6.45, 7) is 0.641. The Bertz CT molecular complexity index is 1690. The lowest BCUT2D eigenvalue weighted by Gasteiger charge is -2.16. The molecule has 1 aliphatic heterocycles. The first kappa shape index (κ1) is 28.8. The number of carbonyl (C=O) groups excluding carboxylic acids is 2. The average Bonchev–Trinajstić information content (AvgIpc) is 2.98. The fraction of sp³-hybridized carbons (Fsp3) is 0.0968. The van der Waals surface area contributed by atoms with E-state index in [9.17, 15) is 9.59 Å². The molecule has 0 aromatic heterocycles. The highest BCUT2D eigenvalue weighted by Gasteiger charge is 2.22. The quantitative estimate of drug-likeness (QED) is 0.231. The van der Waals surface area contributed by atoms with Gasteiger partial charge in [-0.05, 0) is 29.8 Å².